The van der Waals surface area contributed by atoms with E-state index in [2.05, 4.69) is 10.3 Å². The first-order valence-corrected chi connectivity index (χ1v) is 15.2. The van der Waals surface area contributed by atoms with Crippen LogP contribution in [0.1, 0.15) is 66.9 Å². The summed E-state index contributed by atoms with van der Waals surface area (Å²) in [5.74, 6) is -0.984. The van der Waals surface area contributed by atoms with Crippen LogP contribution < -0.4 is 10.2 Å². The van der Waals surface area contributed by atoms with Gasteiger partial charge in [0.2, 0.25) is 5.91 Å². The number of alkyl halides is 3. The lowest BCUT2D eigenvalue weighted by Gasteiger charge is -2.31. The van der Waals surface area contributed by atoms with Gasteiger partial charge in [-0.3, -0.25) is 9.69 Å². The number of alkyl carbamates (subject to hydrolysis) is 1. The minimum absolute atomic E-state index is 0.0651. The molecule has 0 saturated carbocycles. The first-order valence-electron chi connectivity index (χ1n) is 13.1. The standard InChI is InChI=1S/C28H38F3N3O6S2/c1-18(35)34(23-32-14-17-42-23)20-10-8-19(9-11-20)27(38,28(29,30)31)13-16-41-15-12-21(22(36)39-25(2,3)4)33-24(37)40-26(5,6)7/h8-11,14,17,21,38H,12-13,15-16H2,1-7H3,(H,33,37)/t21-,27?/m0/s1. The van der Waals surface area contributed by atoms with Crippen LogP contribution in [0.25, 0.3) is 0 Å². The zero-order chi connectivity index (χ0) is 31.9. The Balaban J connectivity index is 2.10. The van der Waals surface area contributed by atoms with Crippen molar-refractivity contribution in [1.82, 2.24) is 10.3 Å². The highest BCUT2D eigenvalue weighted by molar-refractivity contribution is 7.99. The fourth-order valence-corrected chi connectivity index (χ4v) is 5.43. The number of hydrogen-bond acceptors (Lipinski definition) is 9. The van der Waals surface area contributed by atoms with E-state index in [-0.39, 0.29) is 29.4 Å². The number of thiazole rings is 1. The van der Waals surface area contributed by atoms with E-state index in [9.17, 15) is 32.7 Å². The van der Waals surface area contributed by atoms with Crippen molar-refractivity contribution < 1.29 is 42.1 Å². The number of hydrogen-bond donors (Lipinski definition) is 2. The third-order valence-corrected chi connectivity index (χ3v) is 7.31. The number of halogens is 3. The molecule has 0 aliphatic heterocycles. The number of nitrogens with zero attached hydrogens (tertiary/aromatic N) is 2. The van der Waals surface area contributed by atoms with E-state index in [1.54, 1.807) is 46.9 Å². The number of anilines is 2. The SMILES string of the molecule is CC(=O)N(c1ccc(C(O)(CCSCC[C@H](NC(=O)OC(C)(C)C)C(=O)OC(C)(C)C)C(F)(F)F)cc1)c1nccs1. The molecule has 0 bridgehead atoms. The second-order valence-corrected chi connectivity index (χ2v) is 13.6. The maximum atomic E-state index is 14.1. The van der Waals surface area contributed by atoms with Crippen LogP contribution in [0.3, 0.4) is 0 Å². The van der Waals surface area contributed by atoms with Gasteiger partial charge in [-0.15, -0.1) is 11.3 Å². The Morgan fingerprint density at radius 2 is 1.62 bits per heavy atom. The maximum absolute atomic E-state index is 14.1. The van der Waals surface area contributed by atoms with Gasteiger partial charge in [0.15, 0.2) is 10.7 Å². The summed E-state index contributed by atoms with van der Waals surface area (Å²) in [6, 6.07) is 3.86. The monoisotopic (exact) mass is 633 g/mol. The van der Waals surface area contributed by atoms with Gasteiger partial charge in [0.25, 0.3) is 0 Å². The minimum Gasteiger partial charge on any atom is -0.458 e. The number of amides is 2. The number of carbonyl (C=O) groups is 3. The van der Waals surface area contributed by atoms with Crippen LogP contribution >= 0.6 is 23.1 Å². The molecule has 1 aromatic heterocycles. The molecule has 42 heavy (non-hydrogen) atoms. The van der Waals surface area contributed by atoms with Gasteiger partial charge in [0, 0.05) is 18.5 Å². The number of aromatic nitrogens is 1. The lowest BCUT2D eigenvalue weighted by Crippen LogP contribution is -2.46. The van der Waals surface area contributed by atoms with E-state index in [0.717, 1.165) is 23.9 Å². The summed E-state index contributed by atoms with van der Waals surface area (Å²) >= 11 is 2.28. The van der Waals surface area contributed by atoms with Gasteiger partial charge in [-0.2, -0.15) is 24.9 Å². The van der Waals surface area contributed by atoms with Crippen LogP contribution in [-0.4, -0.2) is 63.0 Å². The average molecular weight is 634 g/mol. The highest BCUT2D eigenvalue weighted by Gasteiger charge is 2.54. The van der Waals surface area contributed by atoms with Gasteiger partial charge >= 0.3 is 18.2 Å². The largest absolute Gasteiger partial charge is 0.458 e. The van der Waals surface area contributed by atoms with Crippen molar-refractivity contribution in [1.29, 1.82) is 0 Å². The first-order chi connectivity index (χ1) is 19.2. The Hall–Kier alpha value is -2.84. The molecule has 9 nitrogen and oxygen atoms in total. The van der Waals surface area contributed by atoms with Crippen molar-refractivity contribution >= 4 is 51.9 Å². The molecule has 2 N–H and O–H groups in total. The van der Waals surface area contributed by atoms with Crippen LogP contribution in [0.5, 0.6) is 0 Å². The normalized spacial score (nSPS) is 14.5. The molecule has 0 radical (unpaired) electrons. The summed E-state index contributed by atoms with van der Waals surface area (Å²) in [5, 5.41) is 15.3. The predicted molar refractivity (Wildman–Crippen MR) is 157 cm³/mol. The molecule has 2 atom stereocenters. The molecular weight excluding hydrogens is 595 g/mol. The lowest BCUT2D eigenvalue weighted by molar-refractivity contribution is -0.267. The van der Waals surface area contributed by atoms with Crippen LogP contribution in [-0.2, 0) is 24.7 Å². The van der Waals surface area contributed by atoms with E-state index in [1.165, 1.54) is 41.5 Å². The zero-order valence-corrected chi connectivity index (χ0v) is 26.3. The third kappa shape index (κ3) is 10.5. The van der Waals surface area contributed by atoms with E-state index in [4.69, 9.17) is 9.47 Å². The van der Waals surface area contributed by atoms with E-state index >= 15 is 0 Å². The Labute approximate surface area is 252 Å². The van der Waals surface area contributed by atoms with Crippen molar-refractivity contribution in [2.75, 3.05) is 16.4 Å². The molecule has 234 valence electrons. The molecule has 2 amide bonds. The topological polar surface area (TPSA) is 118 Å². The number of aliphatic hydroxyl groups is 1. The van der Waals surface area contributed by atoms with Crippen LogP contribution in [0, 0.1) is 0 Å². The van der Waals surface area contributed by atoms with Crippen molar-refractivity contribution in [3.63, 3.8) is 0 Å². The summed E-state index contributed by atoms with van der Waals surface area (Å²) in [7, 11) is 0. The highest BCUT2D eigenvalue weighted by atomic mass is 32.2. The Kier molecular flexibility index (Phi) is 11.9. The third-order valence-electron chi connectivity index (χ3n) is 5.54. The number of carbonyl (C=O) groups excluding carboxylic acids is 3. The summed E-state index contributed by atoms with van der Waals surface area (Å²) in [6.07, 6.45) is -4.90. The lowest BCUT2D eigenvalue weighted by atomic mass is 9.90. The van der Waals surface area contributed by atoms with Gasteiger partial charge in [0.1, 0.15) is 17.2 Å². The Morgan fingerprint density at radius 3 is 2.10 bits per heavy atom. The molecule has 0 spiro atoms. The molecule has 1 unspecified atom stereocenters. The molecule has 1 heterocycles. The van der Waals surface area contributed by atoms with Gasteiger partial charge in [-0.05, 0) is 83.6 Å². The van der Waals surface area contributed by atoms with Crippen molar-refractivity contribution in [3.8, 4) is 0 Å². The Bertz CT molecular complexity index is 1200. The molecule has 1 aromatic carbocycles. The number of thioether (sulfide) groups is 1. The maximum Gasteiger partial charge on any atom is 0.421 e. The average Bonchev–Trinajstić information content (AvgIpc) is 3.34. The molecule has 2 aromatic rings. The Morgan fingerprint density at radius 1 is 1.02 bits per heavy atom. The van der Waals surface area contributed by atoms with E-state index in [1.807, 2.05) is 0 Å². The number of ether oxygens (including phenoxy) is 2. The molecule has 0 saturated heterocycles. The van der Waals surface area contributed by atoms with Gasteiger partial charge in [-0.1, -0.05) is 12.1 Å². The van der Waals surface area contributed by atoms with Crippen molar-refractivity contribution in [3.05, 3.63) is 41.4 Å². The molecular formula is C28H38F3N3O6S2. The smallest absolute Gasteiger partial charge is 0.421 e. The van der Waals surface area contributed by atoms with Crippen molar-refractivity contribution in [2.24, 2.45) is 0 Å². The highest BCUT2D eigenvalue weighted by Crippen LogP contribution is 2.43. The minimum atomic E-state index is -4.98. The van der Waals surface area contributed by atoms with Crippen LogP contribution in [0.2, 0.25) is 0 Å². The summed E-state index contributed by atoms with van der Waals surface area (Å²) in [6.45, 7) is 11.3. The number of rotatable bonds is 11. The molecule has 0 aliphatic rings. The van der Waals surface area contributed by atoms with Crippen LogP contribution in [0.15, 0.2) is 35.8 Å². The van der Waals surface area contributed by atoms with Gasteiger partial charge in [0.05, 0.1) is 5.69 Å². The fraction of sp³-hybridized carbons (Fsp3) is 0.571. The predicted octanol–water partition coefficient (Wildman–Crippen LogP) is 6.33. The summed E-state index contributed by atoms with van der Waals surface area (Å²) in [4.78, 5) is 42.5. The number of esters is 1. The zero-order valence-electron chi connectivity index (χ0n) is 24.7. The molecule has 2 rings (SSSR count). The molecule has 14 heteroatoms. The fourth-order valence-electron chi connectivity index (χ4n) is 3.68. The number of benzene rings is 1. The number of nitrogens with one attached hydrogen (secondary N) is 1. The second-order valence-electron chi connectivity index (χ2n) is 11.5. The van der Waals surface area contributed by atoms with Gasteiger partial charge < -0.3 is 19.9 Å². The molecule has 0 aliphatic carbocycles. The van der Waals surface area contributed by atoms with E-state index in [0.29, 0.717) is 10.8 Å². The summed E-state index contributed by atoms with van der Waals surface area (Å²) in [5.41, 5.74) is -4.84. The first kappa shape index (κ1) is 35.4. The van der Waals surface area contributed by atoms with Crippen molar-refractivity contribution in [2.45, 2.75) is 90.3 Å². The van der Waals surface area contributed by atoms with E-state index < -0.39 is 47.5 Å². The van der Waals surface area contributed by atoms with Gasteiger partial charge in [-0.25, -0.2) is 14.6 Å². The second kappa shape index (κ2) is 14.1. The van der Waals surface area contributed by atoms with Crippen LogP contribution in [0.4, 0.5) is 28.8 Å². The quantitative estimate of drug-likeness (QED) is 0.218. The summed E-state index contributed by atoms with van der Waals surface area (Å²) < 4.78 is 53.0. The molecule has 0 fully saturated rings.